The first kappa shape index (κ1) is 16.5. The van der Waals surface area contributed by atoms with Crippen LogP contribution in [0.25, 0.3) is 10.2 Å². The van der Waals surface area contributed by atoms with Crippen molar-refractivity contribution in [2.75, 3.05) is 23.8 Å². The quantitative estimate of drug-likeness (QED) is 0.626. The van der Waals surface area contributed by atoms with E-state index in [1.165, 1.54) is 23.4 Å². The van der Waals surface area contributed by atoms with E-state index in [-0.39, 0.29) is 11.9 Å². The van der Waals surface area contributed by atoms with E-state index in [0.29, 0.717) is 11.9 Å². The molecule has 0 radical (unpaired) electrons. The Bertz CT molecular complexity index is 1020. The Hall–Kier alpha value is -2.68. The molecule has 4 heterocycles. The molecule has 9 heteroatoms. The van der Waals surface area contributed by atoms with E-state index in [4.69, 9.17) is 9.97 Å². The molecule has 1 saturated heterocycles. The summed E-state index contributed by atoms with van der Waals surface area (Å²) in [6, 6.07) is 3.92. The standard InChI is InChI=1S/C18H21N7OS/c1-9-7-12-15(27-9)16(21-14-8-11(23-24-14)10-3-4-10)22-18(20-12)25-6-5-13(25)17(26)19-2/h7-8,10,13H,3-6H2,1-2H3,(H,19,26)(H2,20,21,22,23,24). The first-order valence-electron chi connectivity index (χ1n) is 9.21. The smallest absolute Gasteiger partial charge is 0.242 e. The molecule has 5 rings (SSSR count). The Morgan fingerprint density at radius 2 is 2.15 bits per heavy atom. The van der Waals surface area contributed by atoms with E-state index in [1.807, 2.05) is 4.90 Å². The largest absolute Gasteiger partial charge is 0.357 e. The van der Waals surface area contributed by atoms with Crippen LogP contribution in [0.4, 0.5) is 17.6 Å². The van der Waals surface area contributed by atoms with Gasteiger partial charge in [0.2, 0.25) is 11.9 Å². The van der Waals surface area contributed by atoms with Crippen LogP contribution in [0.3, 0.4) is 0 Å². The molecule has 1 saturated carbocycles. The highest BCUT2D eigenvalue weighted by Crippen LogP contribution is 2.40. The summed E-state index contributed by atoms with van der Waals surface area (Å²) in [7, 11) is 1.66. The predicted octanol–water partition coefficient (Wildman–Crippen LogP) is 2.67. The third-order valence-corrected chi connectivity index (χ3v) is 6.22. The van der Waals surface area contributed by atoms with Crippen molar-refractivity contribution in [3.8, 4) is 0 Å². The third-order valence-electron chi connectivity index (χ3n) is 5.17. The molecule has 140 valence electrons. The number of fused-ring (bicyclic) bond motifs is 1. The van der Waals surface area contributed by atoms with Crippen molar-refractivity contribution in [3.05, 3.63) is 22.7 Å². The highest BCUT2D eigenvalue weighted by atomic mass is 32.1. The second-order valence-electron chi connectivity index (χ2n) is 7.16. The van der Waals surface area contributed by atoms with Crippen LogP contribution in [0.2, 0.25) is 0 Å². The van der Waals surface area contributed by atoms with Gasteiger partial charge in [0.05, 0.1) is 10.2 Å². The van der Waals surface area contributed by atoms with Gasteiger partial charge in [-0.2, -0.15) is 10.1 Å². The summed E-state index contributed by atoms with van der Waals surface area (Å²) in [5.74, 6) is 2.71. The van der Waals surface area contributed by atoms with Gasteiger partial charge in [-0.1, -0.05) is 0 Å². The van der Waals surface area contributed by atoms with E-state index in [1.54, 1.807) is 18.4 Å². The maximum absolute atomic E-state index is 12.1. The average Bonchev–Trinajstić information content (AvgIpc) is 3.24. The van der Waals surface area contributed by atoms with Gasteiger partial charge < -0.3 is 15.5 Å². The number of thiophene rings is 1. The van der Waals surface area contributed by atoms with Crippen molar-refractivity contribution >= 4 is 45.0 Å². The third kappa shape index (κ3) is 2.91. The number of anilines is 3. The molecule has 27 heavy (non-hydrogen) atoms. The number of aromatic amines is 1. The van der Waals surface area contributed by atoms with Crippen LogP contribution in [-0.4, -0.2) is 45.7 Å². The molecule has 2 aliphatic rings. The molecule has 3 N–H and O–H groups in total. The first-order chi connectivity index (χ1) is 13.1. The predicted molar refractivity (Wildman–Crippen MR) is 106 cm³/mol. The Balaban J connectivity index is 1.50. The lowest BCUT2D eigenvalue weighted by Crippen LogP contribution is -2.56. The second kappa shape index (κ2) is 6.19. The number of carbonyl (C=O) groups excluding carboxylic acids is 1. The topological polar surface area (TPSA) is 98.8 Å². The molecule has 1 unspecified atom stereocenters. The van der Waals surface area contributed by atoms with Crippen LogP contribution >= 0.6 is 11.3 Å². The zero-order chi connectivity index (χ0) is 18.5. The van der Waals surface area contributed by atoms with Crippen molar-refractivity contribution in [3.63, 3.8) is 0 Å². The number of H-pyrrole nitrogens is 1. The maximum Gasteiger partial charge on any atom is 0.242 e. The fourth-order valence-corrected chi connectivity index (χ4v) is 4.34. The number of amides is 1. The molecule has 1 aliphatic carbocycles. The van der Waals surface area contributed by atoms with E-state index < -0.39 is 0 Å². The number of likely N-dealkylation sites (N-methyl/N-ethyl adjacent to an activating group) is 1. The molecule has 0 aromatic carbocycles. The zero-order valence-electron chi connectivity index (χ0n) is 15.2. The Labute approximate surface area is 160 Å². The van der Waals surface area contributed by atoms with Crippen molar-refractivity contribution in [2.24, 2.45) is 0 Å². The SMILES string of the molecule is CNC(=O)C1CCN1c1nc(Nc2cc(C3CC3)[nH]n2)c2sc(C)cc2n1. The molecular weight excluding hydrogens is 362 g/mol. The monoisotopic (exact) mass is 383 g/mol. The van der Waals surface area contributed by atoms with Gasteiger partial charge in [0.1, 0.15) is 6.04 Å². The van der Waals surface area contributed by atoms with Crippen molar-refractivity contribution in [1.82, 2.24) is 25.5 Å². The number of carbonyl (C=O) groups is 1. The number of hydrogen-bond acceptors (Lipinski definition) is 7. The van der Waals surface area contributed by atoms with Crippen LogP contribution in [-0.2, 0) is 4.79 Å². The van der Waals surface area contributed by atoms with E-state index in [2.05, 4.69) is 39.9 Å². The summed E-state index contributed by atoms with van der Waals surface area (Å²) in [5.41, 5.74) is 2.07. The summed E-state index contributed by atoms with van der Waals surface area (Å²) >= 11 is 1.66. The molecule has 0 spiro atoms. The Morgan fingerprint density at radius 1 is 1.30 bits per heavy atom. The average molecular weight is 383 g/mol. The van der Waals surface area contributed by atoms with Gasteiger partial charge in [0.25, 0.3) is 0 Å². The minimum absolute atomic E-state index is 0.00216. The fraction of sp³-hybridized carbons (Fsp3) is 0.444. The molecule has 8 nitrogen and oxygen atoms in total. The summed E-state index contributed by atoms with van der Waals surface area (Å²) in [6.45, 7) is 2.84. The van der Waals surface area contributed by atoms with Gasteiger partial charge in [-0.15, -0.1) is 11.3 Å². The molecule has 0 bridgehead atoms. The number of hydrogen-bond donors (Lipinski definition) is 3. The minimum Gasteiger partial charge on any atom is -0.357 e. The van der Waals surface area contributed by atoms with E-state index in [9.17, 15) is 4.79 Å². The summed E-state index contributed by atoms with van der Waals surface area (Å²) in [5, 5.41) is 13.6. The van der Waals surface area contributed by atoms with Crippen molar-refractivity contribution in [2.45, 2.75) is 38.1 Å². The molecule has 1 amide bonds. The minimum atomic E-state index is -0.202. The molecule has 3 aromatic heterocycles. The van der Waals surface area contributed by atoms with E-state index >= 15 is 0 Å². The van der Waals surface area contributed by atoms with Crippen LogP contribution in [0.5, 0.6) is 0 Å². The van der Waals surface area contributed by atoms with E-state index in [0.717, 1.165) is 34.8 Å². The van der Waals surface area contributed by atoms with Crippen LogP contribution in [0.15, 0.2) is 12.1 Å². The number of aryl methyl sites for hydroxylation is 1. The van der Waals surface area contributed by atoms with Gasteiger partial charge >= 0.3 is 0 Å². The first-order valence-corrected chi connectivity index (χ1v) is 10.0. The Morgan fingerprint density at radius 3 is 2.85 bits per heavy atom. The second-order valence-corrected chi connectivity index (χ2v) is 8.42. The molecular formula is C18H21N7OS. The molecule has 2 fully saturated rings. The van der Waals surface area contributed by atoms with Gasteiger partial charge in [0, 0.05) is 36.1 Å². The van der Waals surface area contributed by atoms with Crippen LogP contribution in [0.1, 0.15) is 35.8 Å². The van der Waals surface area contributed by atoms with Crippen LogP contribution in [0, 0.1) is 6.92 Å². The number of rotatable bonds is 5. The summed E-state index contributed by atoms with van der Waals surface area (Å²) < 4.78 is 1.00. The lowest BCUT2D eigenvalue weighted by atomic mass is 10.0. The highest BCUT2D eigenvalue weighted by Gasteiger charge is 2.36. The maximum atomic E-state index is 12.1. The van der Waals surface area contributed by atoms with Gasteiger partial charge in [-0.3, -0.25) is 9.89 Å². The lowest BCUT2D eigenvalue weighted by molar-refractivity contribution is -0.123. The normalized spacial score (nSPS) is 19.2. The molecule has 3 aromatic rings. The fourth-order valence-electron chi connectivity index (χ4n) is 3.44. The molecule has 1 aliphatic heterocycles. The Kier molecular flexibility index (Phi) is 3.78. The van der Waals surface area contributed by atoms with Gasteiger partial charge in [-0.25, -0.2) is 4.98 Å². The number of nitrogens with one attached hydrogen (secondary N) is 3. The van der Waals surface area contributed by atoms with Crippen molar-refractivity contribution in [1.29, 1.82) is 0 Å². The number of aromatic nitrogens is 4. The van der Waals surface area contributed by atoms with Crippen molar-refractivity contribution < 1.29 is 4.79 Å². The zero-order valence-corrected chi connectivity index (χ0v) is 16.1. The summed E-state index contributed by atoms with van der Waals surface area (Å²) in [4.78, 5) is 24.6. The summed E-state index contributed by atoms with van der Waals surface area (Å²) in [6.07, 6.45) is 3.27. The van der Waals surface area contributed by atoms with Gasteiger partial charge in [0.15, 0.2) is 11.6 Å². The van der Waals surface area contributed by atoms with Gasteiger partial charge in [-0.05, 0) is 32.3 Å². The molecule has 1 atom stereocenters. The van der Waals surface area contributed by atoms with Crippen LogP contribution < -0.4 is 15.5 Å². The highest BCUT2D eigenvalue weighted by molar-refractivity contribution is 7.19. The lowest BCUT2D eigenvalue weighted by Gasteiger charge is -2.39. The number of nitrogens with zero attached hydrogens (tertiary/aromatic N) is 4.